The largest absolute Gasteiger partial charge is 0.368 e. The molecule has 17 heavy (non-hydrogen) atoms. The summed E-state index contributed by atoms with van der Waals surface area (Å²) in [7, 11) is 0. The Bertz CT molecular complexity index is 396. The van der Waals surface area contributed by atoms with Gasteiger partial charge in [0.2, 0.25) is 5.91 Å². The average molecular weight is 236 g/mol. The fraction of sp³-hybridized carbons (Fsp3) is 0.545. The van der Waals surface area contributed by atoms with E-state index < -0.39 is 5.91 Å². The molecule has 1 heterocycles. The van der Waals surface area contributed by atoms with Gasteiger partial charge in [0.25, 0.3) is 0 Å². The van der Waals surface area contributed by atoms with Crippen LogP contribution in [0.2, 0.25) is 0 Å². The van der Waals surface area contributed by atoms with Crippen LogP contribution in [0.3, 0.4) is 0 Å². The number of imidazole rings is 1. The Hall–Kier alpha value is -1.85. The van der Waals surface area contributed by atoms with Crippen LogP contribution < -0.4 is 5.73 Å². The molecule has 0 radical (unpaired) electrons. The van der Waals surface area contributed by atoms with Crippen molar-refractivity contribution < 1.29 is 9.59 Å². The number of rotatable bonds is 3. The summed E-state index contributed by atoms with van der Waals surface area (Å²) in [5, 5.41) is 0. The van der Waals surface area contributed by atoms with Crippen molar-refractivity contribution in [2.75, 3.05) is 6.54 Å². The second-order valence-electron chi connectivity index (χ2n) is 4.29. The van der Waals surface area contributed by atoms with E-state index in [1.807, 2.05) is 0 Å². The van der Waals surface area contributed by atoms with Gasteiger partial charge in [-0.25, -0.2) is 9.78 Å². The third-order valence-electron chi connectivity index (χ3n) is 3.06. The Balaban J connectivity index is 2.14. The van der Waals surface area contributed by atoms with Gasteiger partial charge < -0.3 is 10.6 Å². The molecule has 1 aliphatic rings. The van der Waals surface area contributed by atoms with Crippen molar-refractivity contribution in [1.29, 1.82) is 0 Å². The van der Waals surface area contributed by atoms with Crippen molar-refractivity contribution in [3.63, 3.8) is 0 Å². The molecular formula is C11H16N4O2. The van der Waals surface area contributed by atoms with Crippen LogP contribution in [0, 0.1) is 0 Å². The number of carbonyl (C=O) groups is 2. The van der Waals surface area contributed by atoms with Crippen LogP contribution in [0.25, 0.3) is 0 Å². The van der Waals surface area contributed by atoms with Crippen LogP contribution in [-0.2, 0) is 4.79 Å². The first-order chi connectivity index (χ1) is 8.18. The van der Waals surface area contributed by atoms with Crippen LogP contribution in [0.1, 0.15) is 25.7 Å². The van der Waals surface area contributed by atoms with E-state index >= 15 is 0 Å². The molecule has 1 fully saturated rings. The number of nitrogens with two attached hydrogens (primary N) is 1. The quantitative estimate of drug-likeness (QED) is 0.833. The van der Waals surface area contributed by atoms with E-state index in [4.69, 9.17) is 5.73 Å². The van der Waals surface area contributed by atoms with Crippen molar-refractivity contribution in [3.05, 3.63) is 18.7 Å². The van der Waals surface area contributed by atoms with Gasteiger partial charge in [0.1, 0.15) is 12.9 Å². The van der Waals surface area contributed by atoms with E-state index in [0.29, 0.717) is 0 Å². The van der Waals surface area contributed by atoms with Crippen molar-refractivity contribution in [2.45, 2.75) is 31.7 Å². The molecule has 0 bridgehead atoms. The van der Waals surface area contributed by atoms with Gasteiger partial charge >= 0.3 is 6.03 Å². The number of nitrogens with zero attached hydrogens (tertiary/aromatic N) is 3. The van der Waals surface area contributed by atoms with E-state index in [0.717, 1.165) is 25.7 Å². The Morgan fingerprint density at radius 3 is 2.65 bits per heavy atom. The molecule has 2 N–H and O–H groups in total. The molecule has 1 aliphatic carbocycles. The Kier molecular flexibility index (Phi) is 3.41. The highest BCUT2D eigenvalue weighted by molar-refractivity contribution is 5.84. The van der Waals surface area contributed by atoms with Gasteiger partial charge in [-0.05, 0) is 12.8 Å². The number of carbonyl (C=O) groups excluding carboxylic acids is 2. The van der Waals surface area contributed by atoms with Gasteiger partial charge in [-0.3, -0.25) is 9.36 Å². The molecule has 1 aromatic heterocycles. The van der Waals surface area contributed by atoms with E-state index in [1.165, 1.54) is 17.1 Å². The van der Waals surface area contributed by atoms with Crippen LogP contribution in [0.5, 0.6) is 0 Å². The average Bonchev–Trinajstić information content (AvgIpc) is 2.96. The molecule has 2 rings (SSSR count). The van der Waals surface area contributed by atoms with Crippen molar-refractivity contribution >= 4 is 11.9 Å². The number of amides is 2. The summed E-state index contributed by atoms with van der Waals surface area (Å²) in [6, 6.07) is -0.106. The molecule has 0 aromatic carbocycles. The lowest BCUT2D eigenvalue weighted by molar-refractivity contribution is -0.119. The number of hydrogen-bond donors (Lipinski definition) is 1. The second-order valence-corrected chi connectivity index (χ2v) is 4.29. The zero-order chi connectivity index (χ0) is 12.3. The van der Waals surface area contributed by atoms with Crippen LogP contribution >= 0.6 is 0 Å². The number of aromatic nitrogens is 2. The monoisotopic (exact) mass is 236 g/mol. The first-order valence-corrected chi connectivity index (χ1v) is 5.75. The second kappa shape index (κ2) is 4.99. The minimum absolute atomic E-state index is 0.0261. The molecule has 1 aromatic rings. The van der Waals surface area contributed by atoms with Gasteiger partial charge in [0, 0.05) is 18.4 Å². The highest BCUT2D eigenvalue weighted by Crippen LogP contribution is 2.23. The fourth-order valence-corrected chi connectivity index (χ4v) is 2.26. The molecule has 0 unspecified atom stereocenters. The van der Waals surface area contributed by atoms with Gasteiger partial charge in [0.15, 0.2) is 0 Å². The zero-order valence-electron chi connectivity index (χ0n) is 9.58. The molecule has 0 aliphatic heterocycles. The standard InChI is InChI=1S/C11H16N4O2/c12-10(16)7-15(9-3-1-2-4-9)11(17)14-6-5-13-8-14/h5-6,8-9H,1-4,7H2,(H2,12,16). The molecule has 1 saturated carbocycles. The minimum Gasteiger partial charge on any atom is -0.368 e. The Morgan fingerprint density at radius 1 is 1.41 bits per heavy atom. The summed E-state index contributed by atoms with van der Waals surface area (Å²) in [4.78, 5) is 28.6. The number of hydrogen-bond acceptors (Lipinski definition) is 3. The lowest BCUT2D eigenvalue weighted by Crippen LogP contribution is -2.45. The van der Waals surface area contributed by atoms with Crippen molar-refractivity contribution in [2.24, 2.45) is 5.73 Å². The fourth-order valence-electron chi connectivity index (χ4n) is 2.26. The Morgan fingerprint density at radius 2 is 2.12 bits per heavy atom. The molecule has 6 nitrogen and oxygen atoms in total. The minimum atomic E-state index is -0.481. The third kappa shape index (κ3) is 2.64. The van der Waals surface area contributed by atoms with Gasteiger partial charge in [0.05, 0.1) is 0 Å². The lowest BCUT2D eigenvalue weighted by Gasteiger charge is -2.27. The maximum atomic E-state index is 12.2. The van der Waals surface area contributed by atoms with Crippen LogP contribution in [0.15, 0.2) is 18.7 Å². The van der Waals surface area contributed by atoms with E-state index in [-0.39, 0.29) is 18.6 Å². The molecule has 0 spiro atoms. The first kappa shape index (κ1) is 11.6. The molecule has 2 amide bonds. The molecule has 6 heteroatoms. The highest BCUT2D eigenvalue weighted by Gasteiger charge is 2.28. The Labute approximate surface area is 99.4 Å². The summed E-state index contributed by atoms with van der Waals surface area (Å²) < 4.78 is 1.38. The molecular weight excluding hydrogens is 220 g/mol. The predicted molar refractivity (Wildman–Crippen MR) is 61.2 cm³/mol. The lowest BCUT2D eigenvalue weighted by atomic mass is 10.2. The molecule has 0 saturated heterocycles. The molecule has 92 valence electrons. The summed E-state index contributed by atoms with van der Waals surface area (Å²) in [5.74, 6) is -0.481. The summed E-state index contributed by atoms with van der Waals surface area (Å²) >= 11 is 0. The van der Waals surface area contributed by atoms with E-state index in [2.05, 4.69) is 4.98 Å². The first-order valence-electron chi connectivity index (χ1n) is 5.75. The van der Waals surface area contributed by atoms with Crippen LogP contribution in [0.4, 0.5) is 4.79 Å². The molecule has 0 atom stereocenters. The smallest absolute Gasteiger partial charge is 0.330 e. The van der Waals surface area contributed by atoms with Crippen molar-refractivity contribution in [3.8, 4) is 0 Å². The third-order valence-corrected chi connectivity index (χ3v) is 3.06. The summed E-state index contributed by atoms with van der Waals surface area (Å²) in [5.41, 5.74) is 5.19. The van der Waals surface area contributed by atoms with E-state index in [9.17, 15) is 9.59 Å². The topological polar surface area (TPSA) is 81.2 Å². The maximum Gasteiger partial charge on any atom is 0.330 e. The van der Waals surface area contributed by atoms with Gasteiger partial charge in [-0.1, -0.05) is 12.8 Å². The van der Waals surface area contributed by atoms with Gasteiger partial charge in [-0.2, -0.15) is 0 Å². The number of primary amides is 1. The summed E-state index contributed by atoms with van der Waals surface area (Å²) in [6.07, 6.45) is 8.61. The van der Waals surface area contributed by atoms with Crippen LogP contribution in [-0.4, -0.2) is 39.0 Å². The zero-order valence-corrected chi connectivity index (χ0v) is 9.58. The van der Waals surface area contributed by atoms with E-state index in [1.54, 1.807) is 11.1 Å². The summed E-state index contributed by atoms with van der Waals surface area (Å²) in [6.45, 7) is -0.0261. The highest BCUT2D eigenvalue weighted by atomic mass is 16.2. The normalized spacial score (nSPS) is 16.0. The van der Waals surface area contributed by atoms with Crippen molar-refractivity contribution in [1.82, 2.24) is 14.5 Å². The maximum absolute atomic E-state index is 12.2. The SMILES string of the molecule is NC(=O)CN(C(=O)n1ccnc1)C1CCCC1. The van der Waals surface area contributed by atoms with Gasteiger partial charge in [-0.15, -0.1) is 0 Å². The predicted octanol–water partition coefficient (Wildman–Crippen LogP) is 0.581.